The molecule has 1 aliphatic carbocycles. The van der Waals surface area contributed by atoms with Crippen LogP contribution in [-0.2, 0) is 0 Å². The minimum absolute atomic E-state index is 0.464. The molecule has 1 saturated carbocycles. The zero-order chi connectivity index (χ0) is 14.5. The molecule has 2 fully saturated rings. The molecule has 0 spiro atoms. The Balaban J connectivity index is 1.49. The zero-order valence-corrected chi connectivity index (χ0v) is 13.3. The molecule has 1 aliphatic heterocycles. The van der Waals surface area contributed by atoms with E-state index in [4.69, 9.17) is 0 Å². The van der Waals surface area contributed by atoms with E-state index in [1.165, 1.54) is 51.1 Å². The van der Waals surface area contributed by atoms with Gasteiger partial charge in [0.1, 0.15) is 0 Å². The Kier molecular flexibility index (Phi) is 5.28. The molecule has 1 aromatic carbocycles. The highest BCUT2D eigenvalue weighted by Gasteiger charge is 2.27. The van der Waals surface area contributed by atoms with Crippen LogP contribution >= 0.6 is 0 Å². The Hall–Kier alpha value is -0.900. The Morgan fingerprint density at radius 3 is 2.33 bits per heavy atom. The largest absolute Gasteiger partial charge is 0.309 e. The second-order valence-corrected chi connectivity index (χ2v) is 6.57. The van der Waals surface area contributed by atoms with Crippen molar-refractivity contribution < 1.29 is 0 Å². The smallest absolute Gasteiger partial charge is 0.0449 e. The molecule has 3 nitrogen and oxygen atoms in total. The van der Waals surface area contributed by atoms with Crippen molar-refractivity contribution in [2.45, 2.75) is 25.8 Å². The van der Waals surface area contributed by atoms with Gasteiger partial charge in [0.2, 0.25) is 0 Å². The number of rotatable bonds is 7. The van der Waals surface area contributed by atoms with Gasteiger partial charge in [-0.25, -0.2) is 0 Å². The molecule has 1 atom stereocenters. The third-order valence-corrected chi connectivity index (χ3v) is 4.77. The van der Waals surface area contributed by atoms with Gasteiger partial charge in [-0.05, 0) is 30.9 Å². The van der Waals surface area contributed by atoms with Gasteiger partial charge < -0.3 is 10.2 Å². The predicted molar refractivity (Wildman–Crippen MR) is 88.5 cm³/mol. The Bertz CT molecular complexity index is 408. The van der Waals surface area contributed by atoms with Crippen molar-refractivity contribution in [3.63, 3.8) is 0 Å². The van der Waals surface area contributed by atoms with Crippen molar-refractivity contribution in [2.24, 2.45) is 5.92 Å². The van der Waals surface area contributed by atoms with E-state index >= 15 is 0 Å². The highest BCUT2D eigenvalue weighted by atomic mass is 15.3. The SMILES string of the molecule is CCNC(CN1CCN(CC2CC2)CC1)c1ccccc1. The van der Waals surface area contributed by atoms with E-state index in [1.807, 2.05) is 0 Å². The van der Waals surface area contributed by atoms with Crippen LogP contribution in [0.15, 0.2) is 30.3 Å². The maximum absolute atomic E-state index is 3.64. The maximum Gasteiger partial charge on any atom is 0.0449 e. The van der Waals surface area contributed by atoms with Crippen LogP contribution in [0.5, 0.6) is 0 Å². The summed E-state index contributed by atoms with van der Waals surface area (Å²) in [5.74, 6) is 1.02. The van der Waals surface area contributed by atoms with Crippen molar-refractivity contribution in [3.05, 3.63) is 35.9 Å². The molecular formula is C18H29N3. The summed E-state index contributed by atoms with van der Waals surface area (Å²) < 4.78 is 0. The summed E-state index contributed by atoms with van der Waals surface area (Å²) in [6, 6.07) is 11.3. The molecular weight excluding hydrogens is 258 g/mol. The molecule has 0 aromatic heterocycles. The number of hydrogen-bond donors (Lipinski definition) is 1. The monoisotopic (exact) mass is 287 g/mol. The summed E-state index contributed by atoms with van der Waals surface area (Å²) in [5.41, 5.74) is 1.42. The van der Waals surface area contributed by atoms with Crippen LogP contribution in [0.3, 0.4) is 0 Å². The molecule has 0 bridgehead atoms. The Labute approximate surface area is 129 Å². The van der Waals surface area contributed by atoms with E-state index < -0.39 is 0 Å². The summed E-state index contributed by atoms with van der Waals surface area (Å²) in [6.45, 7) is 10.7. The van der Waals surface area contributed by atoms with Gasteiger partial charge >= 0.3 is 0 Å². The molecule has 1 unspecified atom stereocenters. The van der Waals surface area contributed by atoms with Crippen molar-refractivity contribution in [2.75, 3.05) is 45.8 Å². The Morgan fingerprint density at radius 1 is 1.05 bits per heavy atom. The number of nitrogens with one attached hydrogen (secondary N) is 1. The van der Waals surface area contributed by atoms with Gasteiger partial charge in [-0.3, -0.25) is 4.90 Å². The summed E-state index contributed by atoms with van der Waals surface area (Å²) in [7, 11) is 0. The van der Waals surface area contributed by atoms with E-state index in [1.54, 1.807) is 0 Å². The second-order valence-electron chi connectivity index (χ2n) is 6.57. The van der Waals surface area contributed by atoms with Gasteiger partial charge in [0, 0.05) is 45.3 Å². The molecule has 1 N–H and O–H groups in total. The first-order valence-corrected chi connectivity index (χ1v) is 8.58. The lowest BCUT2D eigenvalue weighted by atomic mass is 10.1. The third-order valence-electron chi connectivity index (χ3n) is 4.77. The lowest BCUT2D eigenvalue weighted by Gasteiger charge is -2.36. The molecule has 1 heterocycles. The van der Waals surface area contributed by atoms with Gasteiger partial charge in [0.25, 0.3) is 0 Å². The maximum atomic E-state index is 3.64. The lowest BCUT2D eigenvalue weighted by Crippen LogP contribution is -2.49. The standard InChI is InChI=1S/C18H29N3/c1-2-19-18(17-6-4-3-5-7-17)15-21-12-10-20(11-13-21)14-16-8-9-16/h3-7,16,18-19H,2,8-15H2,1H3. The first-order valence-electron chi connectivity index (χ1n) is 8.58. The van der Waals surface area contributed by atoms with Crippen LogP contribution in [0.1, 0.15) is 31.4 Å². The Morgan fingerprint density at radius 2 is 1.71 bits per heavy atom. The molecule has 3 rings (SSSR count). The zero-order valence-electron chi connectivity index (χ0n) is 13.3. The predicted octanol–water partition coefficient (Wildman–Crippen LogP) is 2.36. The van der Waals surface area contributed by atoms with Crippen LogP contribution in [0.4, 0.5) is 0 Å². The fraction of sp³-hybridized carbons (Fsp3) is 0.667. The van der Waals surface area contributed by atoms with Crippen molar-refractivity contribution in [1.82, 2.24) is 15.1 Å². The average Bonchev–Trinajstić information content (AvgIpc) is 3.34. The lowest BCUT2D eigenvalue weighted by molar-refractivity contribution is 0.119. The number of likely N-dealkylation sites (N-methyl/N-ethyl adjacent to an activating group) is 1. The van der Waals surface area contributed by atoms with E-state index in [0.717, 1.165) is 19.0 Å². The average molecular weight is 287 g/mol. The molecule has 1 aromatic rings. The van der Waals surface area contributed by atoms with Gasteiger partial charge in [-0.1, -0.05) is 37.3 Å². The van der Waals surface area contributed by atoms with Gasteiger partial charge in [0.15, 0.2) is 0 Å². The molecule has 2 aliphatic rings. The molecule has 116 valence electrons. The first-order chi connectivity index (χ1) is 10.3. The molecule has 0 radical (unpaired) electrons. The van der Waals surface area contributed by atoms with Crippen molar-refractivity contribution in [3.8, 4) is 0 Å². The third kappa shape index (κ3) is 4.53. The number of hydrogen-bond acceptors (Lipinski definition) is 3. The minimum Gasteiger partial charge on any atom is -0.309 e. The number of nitrogens with zero attached hydrogens (tertiary/aromatic N) is 2. The first kappa shape index (κ1) is 15.0. The quantitative estimate of drug-likeness (QED) is 0.830. The molecule has 0 amide bonds. The number of benzene rings is 1. The van der Waals surface area contributed by atoms with Crippen LogP contribution in [0, 0.1) is 5.92 Å². The van der Waals surface area contributed by atoms with Crippen LogP contribution in [-0.4, -0.2) is 55.6 Å². The van der Waals surface area contributed by atoms with Crippen molar-refractivity contribution >= 4 is 0 Å². The summed E-state index contributed by atoms with van der Waals surface area (Å²) in [5, 5.41) is 3.64. The highest BCUT2D eigenvalue weighted by Crippen LogP contribution is 2.30. The van der Waals surface area contributed by atoms with E-state index in [9.17, 15) is 0 Å². The van der Waals surface area contributed by atoms with Gasteiger partial charge in [0.05, 0.1) is 0 Å². The van der Waals surface area contributed by atoms with E-state index in [-0.39, 0.29) is 0 Å². The summed E-state index contributed by atoms with van der Waals surface area (Å²) in [4.78, 5) is 5.29. The van der Waals surface area contributed by atoms with Gasteiger partial charge in [-0.2, -0.15) is 0 Å². The highest BCUT2D eigenvalue weighted by molar-refractivity contribution is 5.19. The fourth-order valence-electron chi connectivity index (χ4n) is 3.30. The van der Waals surface area contributed by atoms with Crippen molar-refractivity contribution in [1.29, 1.82) is 0 Å². The second kappa shape index (κ2) is 7.39. The summed E-state index contributed by atoms with van der Waals surface area (Å²) in [6.07, 6.45) is 2.94. The van der Waals surface area contributed by atoms with Gasteiger partial charge in [-0.15, -0.1) is 0 Å². The van der Waals surface area contributed by atoms with E-state index in [0.29, 0.717) is 6.04 Å². The van der Waals surface area contributed by atoms with Crippen LogP contribution in [0.25, 0.3) is 0 Å². The normalized spacial score (nSPS) is 22.3. The van der Waals surface area contributed by atoms with Crippen LogP contribution in [0.2, 0.25) is 0 Å². The summed E-state index contributed by atoms with van der Waals surface area (Å²) >= 11 is 0. The molecule has 1 saturated heterocycles. The number of piperazine rings is 1. The topological polar surface area (TPSA) is 18.5 Å². The van der Waals surface area contributed by atoms with Crippen LogP contribution < -0.4 is 5.32 Å². The van der Waals surface area contributed by atoms with E-state index in [2.05, 4.69) is 52.4 Å². The molecule has 3 heteroatoms. The molecule has 21 heavy (non-hydrogen) atoms. The minimum atomic E-state index is 0.464. The fourth-order valence-corrected chi connectivity index (χ4v) is 3.30.